The standard InChI is InChI=1S/C14H18N2O2/c1-13(2)10-5-6-16(4)12(18)14(10,3)7-9(8-15)11(13)17/h7,10H,5-6H2,1-4H3/t10-,14-/m1/s1. The minimum Gasteiger partial charge on any atom is -0.345 e. The molecule has 1 amide bonds. The second-order valence-corrected chi connectivity index (χ2v) is 6.07. The normalized spacial score (nSPS) is 34.7. The van der Waals surface area contributed by atoms with Crippen LogP contribution in [0.4, 0.5) is 0 Å². The number of nitrogens with zero attached hydrogens (tertiary/aromatic N) is 2. The van der Waals surface area contributed by atoms with Crippen LogP contribution in [0.3, 0.4) is 0 Å². The highest BCUT2D eigenvalue weighted by molar-refractivity contribution is 6.06. The van der Waals surface area contributed by atoms with E-state index in [1.165, 1.54) is 0 Å². The van der Waals surface area contributed by atoms with Crippen LogP contribution in [0.15, 0.2) is 11.6 Å². The maximum absolute atomic E-state index is 12.4. The molecule has 2 aliphatic rings. The molecule has 1 saturated heterocycles. The summed E-state index contributed by atoms with van der Waals surface area (Å²) >= 11 is 0. The van der Waals surface area contributed by atoms with Gasteiger partial charge in [-0.1, -0.05) is 13.8 Å². The number of carbonyl (C=O) groups is 2. The Balaban J connectivity index is 2.62. The van der Waals surface area contributed by atoms with Crippen LogP contribution in [0.1, 0.15) is 27.2 Å². The molecular weight excluding hydrogens is 228 g/mol. The van der Waals surface area contributed by atoms with Crippen LogP contribution in [-0.2, 0) is 9.59 Å². The zero-order chi connectivity index (χ0) is 13.7. The molecule has 0 aromatic heterocycles. The van der Waals surface area contributed by atoms with E-state index in [-0.39, 0.29) is 23.2 Å². The predicted octanol–water partition coefficient (Wildman–Crippen LogP) is 1.53. The number of hydrogen-bond acceptors (Lipinski definition) is 3. The number of amides is 1. The lowest BCUT2D eigenvalue weighted by atomic mass is 9.54. The van der Waals surface area contributed by atoms with E-state index in [0.717, 1.165) is 6.42 Å². The summed E-state index contributed by atoms with van der Waals surface area (Å²) in [4.78, 5) is 26.3. The van der Waals surface area contributed by atoms with Crippen LogP contribution in [0.2, 0.25) is 0 Å². The predicted molar refractivity (Wildman–Crippen MR) is 66.3 cm³/mol. The van der Waals surface area contributed by atoms with Crippen molar-refractivity contribution in [2.75, 3.05) is 13.6 Å². The summed E-state index contributed by atoms with van der Waals surface area (Å²) in [7, 11) is 1.77. The number of nitriles is 1. The lowest BCUT2D eigenvalue weighted by Gasteiger charge is -2.51. The van der Waals surface area contributed by atoms with Crippen LogP contribution in [0.25, 0.3) is 0 Å². The maximum Gasteiger partial charge on any atom is 0.232 e. The van der Waals surface area contributed by atoms with E-state index in [4.69, 9.17) is 5.26 Å². The Morgan fingerprint density at radius 2 is 2.00 bits per heavy atom. The van der Waals surface area contributed by atoms with E-state index in [9.17, 15) is 9.59 Å². The Bertz CT molecular complexity index is 498. The van der Waals surface area contributed by atoms with E-state index >= 15 is 0 Å². The van der Waals surface area contributed by atoms with Crippen LogP contribution in [0.5, 0.6) is 0 Å². The second kappa shape index (κ2) is 3.68. The SMILES string of the molecule is CN1CC[C@@H]2C(C)(C)C(=O)C(C#N)=C[C@@]2(C)C1=O. The molecule has 18 heavy (non-hydrogen) atoms. The topological polar surface area (TPSA) is 61.2 Å². The molecule has 0 aromatic rings. The van der Waals surface area contributed by atoms with Crippen molar-refractivity contribution in [2.45, 2.75) is 27.2 Å². The van der Waals surface area contributed by atoms with Gasteiger partial charge in [0.05, 0.1) is 11.0 Å². The first-order valence-electron chi connectivity index (χ1n) is 6.18. The molecule has 1 heterocycles. The van der Waals surface area contributed by atoms with Crippen molar-refractivity contribution in [3.63, 3.8) is 0 Å². The molecule has 2 rings (SSSR count). The molecule has 0 aromatic carbocycles. The quantitative estimate of drug-likeness (QED) is 0.651. The fourth-order valence-electron chi connectivity index (χ4n) is 3.51. The molecule has 96 valence electrons. The minimum absolute atomic E-state index is 0.00655. The van der Waals surface area contributed by atoms with Crippen LogP contribution < -0.4 is 0 Å². The number of fused-ring (bicyclic) bond motifs is 1. The van der Waals surface area contributed by atoms with Gasteiger partial charge in [0, 0.05) is 19.0 Å². The number of hydrogen-bond donors (Lipinski definition) is 0. The molecule has 0 unspecified atom stereocenters. The van der Waals surface area contributed by atoms with E-state index < -0.39 is 10.8 Å². The summed E-state index contributed by atoms with van der Waals surface area (Å²) < 4.78 is 0. The Hall–Kier alpha value is -1.63. The van der Waals surface area contributed by atoms with Crippen molar-refractivity contribution >= 4 is 11.7 Å². The number of carbonyl (C=O) groups excluding carboxylic acids is 2. The summed E-state index contributed by atoms with van der Waals surface area (Å²) in [5.41, 5.74) is -1.25. The largest absolute Gasteiger partial charge is 0.345 e. The van der Waals surface area contributed by atoms with Gasteiger partial charge in [-0.3, -0.25) is 9.59 Å². The van der Waals surface area contributed by atoms with Gasteiger partial charge in [0.1, 0.15) is 6.07 Å². The van der Waals surface area contributed by atoms with Gasteiger partial charge < -0.3 is 4.90 Å². The zero-order valence-electron chi connectivity index (χ0n) is 11.3. The summed E-state index contributed by atoms with van der Waals surface area (Å²) in [6, 6.07) is 1.94. The molecule has 2 atom stereocenters. The Morgan fingerprint density at radius 3 is 2.56 bits per heavy atom. The van der Waals surface area contributed by atoms with Gasteiger partial charge in [0.2, 0.25) is 5.91 Å². The minimum atomic E-state index is -0.727. The third kappa shape index (κ3) is 1.43. The molecule has 1 fully saturated rings. The summed E-state index contributed by atoms with van der Waals surface area (Å²) in [6.45, 7) is 6.22. The highest BCUT2D eigenvalue weighted by Crippen LogP contribution is 2.52. The zero-order valence-corrected chi connectivity index (χ0v) is 11.3. The number of allylic oxidation sites excluding steroid dienone is 1. The molecule has 0 N–H and O–H groups in total. The first kappa shape index (κ1) is 12.8. The number of ketones is 1. The molecule has 1 aliphatic carbocycles. The molecule has 0 spiro atoms. The first-order chi connectivity index (χ1) is 8.25. The Morgan fingerprint density at radius 1 is 1.39 bits per heavy atom. The third-order valence-electron chi connectivity index (χ3n) is 4.55. The summed E-state index contributed by atoms with van der Waals surface area (Å²) in [5, 5.41) is 9.09. The van der Waals surface area contributed by atoms with Gasteiger partial charge in [-0.2, -0.15) is 5.26 Å². The van der Waals surface area contributed by atoms with Gasteiger partial charge in [-0.05, 0) is 25.3 Å². The summed E-state index contributed by atoms with van der Waals surface area (Å²) in [5.74, 6) is -0.157. The summed E-state index contributed by atoms with van der Waals surface area (Å²) in [6.07, 6.45) is 2.38. The van der Waals surface area contributed by atoms with Gasteiger partial charge in [-0.25, -0.2) is 0 Å². The number of likely N-dealkylation sites (tertiary alicyclic amines) is 1. The molecule has 0 radical (unpaired) electrons. The molecular formula is C14H18N2O2. The van der Waals surface area contributed by atoms with Crippen molar-refractivity contribution in [2.24, 2.45) is 16.7 Å². The van der Waals surface area contributed by atoms with Crippen LogP contribution in [-0.4, -0.2) is 30.2 Å². The molecule has 4 heteroatoms. The number of rotatable bonds is 0. The van der Waals surface area contributed by atoms with Crippen molar-refractivity contribution in [3.8, 4) is 6.07 Å². The van der Waals surface area contributed by atoms with Crippen molar-refractivity contribution in [3.05, 3.63) is 11.6 Å². The van der Waals surface area contributed by atoms with Gasteiger partial charge in [0.15, 0.2) is 5.78 Å². The average molecular weight is 246 g/mol. The van der Waals surface area contributed by atoms with Crippen molar-refractivity contribution < 1.29 is 9.59 Å². The smallest absolute Gasteiger partial charge is 0.232 e. The fourth-order valence-corrected chi connectivity index (χ4v) is 3.51. The molecule has 0 bridgehead atoms. The fraction of sp³-hybridized carbons (Fsp3) is 0.643. The number of Topliss-reactive ketones (excluding diaryl/α,β-unsaturated/α-hetero) is 1. The lowest BCUT2D eigenvalue weighted by Crippen LogP contribution is -2.57. The Kier molecular flexibility index (Phi) is 2.62. The van der Waals surface area contributed by atoms with Gasteiger partial charge in [-0.15, -0.1) is 0 Å². The van der Waals surface area contributed by atoms with E-state index in [1.54, 1.807) is 18.0 Å². The van der Waals surface area contributed by atoms with E-state index in [2.05, 4.69) is 0 Å². The highest BCUT2D eigenvalue weighted by atomic mass is 16.2. The lowest BCUT2D eigenvalue weighted by molar-refractivity contribution is -0.152. The monoisotopic (exact) mass is 246 g/mol. The van der Waals surface area contributed by atoms with Gasteiger partial charge in [0.25, 0.3) is 0 Å². The first-order valence-corrected chi connectivity index (χ1v) is 6.18. The van der Waals surface area contributed by atoms with E-state index in [1.807, 2.05) is 26.8 Å². The van der Waals surface area contributed by atoms with Gasteiger partial charge >= 0.3 is 0 Å². The molecule has 0 saturated carbocycles. The van der Waals surface area contributed by atoms with Crippen molar-refractivity contribution in [1.29, 1.82) is 5.26 Å². The molecule has 1 aliphatic heterocycles. The van der Waals surface area contributed by atoms with Crippen molar-refractivity contribution in [1.82, 2.24) is 4.90 Å². The number of piperidine rings is 1. The third-order valence-corrected chi connectivity index (χ3v) is 4.55. The molecule has 4 nitrogen and oxygen atoms in total. The maximum atomic E-state index is 12.4. The average Bonchev–Trinajstić information content (AvgIpc) is 2.31. The highest BCUT2D eigenvalue weighted by Gasteiger charge is 2.56. The van der Waals surface area contributed by atoms with Crippen LogP contribution >= 0.6 is 0 Å². The second-order valence-electron chi connectivity index (χ2n) is 6.07. The Labute approximate surface area is 107 Å². The van der Waals surface area contributed by atoms with Crippen LogP contribution in [0, 0.1) is 28.1 Å². The van der Waals surface area contributed by atoms with E-state index in [0.29, 0.717) is 6.54 Å².